The van der Waals surface area contributed by atoms with Gasteiger partial charge in [0.1, 0.15) is 13.2 Å². The van der Waals surface area contributed by atoms with E-state index in [2.05, 4.69) is 5.32 Å². The number of nitrogens with zero attached hydrogens (tertiary/aromatic N) is 1. The molecule has 0 aromatic carbocycles. The van der Waals surface area contributed by atoms with Crippen LogP contribution in [0.4, 0.5) is 0 Å². The van der Waals surface area contributed by atoms with E-state index in [9.17, 15) is 9.59 Å². The minimum atomic E-state index is -0.289. The first-order chi connectivity index (χ1) is 7.19. The van der Waals surface area contributed by atoms with Crippen molar-refractivity contribution in [2.45, 2.75) is 6.04 Å². The second-order valence-electron chi connectivity index (χ2n) is 3.33. The van der Waals surface area contributed by atoms with Gasteiger partial charge in [-0.1, -0.05) is 0 Å². The predicted molar refractivity (Wildman–Crippen MR) is 52.3 cm³/mol. The molecule has 0 bridgehead atoms. The lowest BCUT2D eigenvalue weighted by Crippen LogP contribution is -2.52. The topological polar surface area (TPSA) is 67.9 Å². The molecule has 1 rings (SSSR count). The Labute approximate surface area is 88.5 Å². The Kier molecular flexibility index (Phi) is 4.67. The summed E-state index contributed by atoms with van der Waals surface area (Å²) in [4.78, 5) is 24.0. The molecule has 86 valence electrons. The SMILES string of the molecule is CNC(COC)CN1C(=O)COCC1=O. The Morgan fingerprint density at radius 2 is 2.07 bits per heavy atom. The Morgan fingerprint density at radius 3 is 2.53 bits per heavy atom. The Morgan fingerprint density at radius 1 is 1.47 bits per heavy atom. The number of imide groups is 1. The van der Waals surface area contributed by atoms with Gasteiger partial charge in [0.05, 0.1) is 6.61 Å². The highest BCUT2D eigenvalue weighted by atomic mass is 16.5. The van der Waals surface area contributed by atoms with E-state index in [1.54, 1.807) is 14.2 Å². The van der Waals surface area contributed by atoms with Crippen molar-refractivity contribution in [1.29, 1.82) is 0 Å². The normalized spacial score (nSPS) is 19.5. The molecule has 1 atom stereocenters. The third kappa shape index (κ3) is 3.26. The molecule has 1 aliphatic heterocycles. The van der Waals surface area contributed by atoms with Gasteiger partial charge in [0.15, 0.2) is 0 Å². The van der Waals surface area contributed by atoms with Gasteiger partial charge >= 0.3 is 0 Å². The maximum atomic E-state index is 11.4. The van der Waals surface area contributed by atoms with Crippen molar-refractivity contribution in [2.75, 3.05) is 40.5 Å². The van der Waals surface area contributed by atoms with Crippen LogP contribution in [-0.4, -0.2) is 63.3 Å². The number of morpholine rings is 1. The van der Waals surface area contributed by atoms with Gasteiger partial charge in [0.25, 0.3) is 11.8 Å². The molecular formula is C9H16N2O4. The van der Waals surface area contributed by atoms with Gasteiger partial charge in [-0.3, -0.25) is 14.5 Å². The summed E-state index contributed by atoms with van der Waals surface area (Å²) in [6.07, 6.45) is 0. The van der Waals surface area contributed by atoms with Gasteiger partial charge in [0, 0.05) is 19.7 Å². The van der Waals surface area contributed by atoms with Crippen LogP contribution in [0.2, 0.25) is 0 Å². The molecular weight excluding hydrogens is 200 g/mol. The molecule has 6 heteroatoms. The first kappa shape index (κ1) is 12.1. The Bertz CT molecular complexity index is 228. The molecule has 1 saturated heterocycles. The highest BCUT2D eigenvalue weighted by Gasteiger charge is 2.28. The van der Waals surface area contributed by atoms with Gasteiger partial charge in [0.2, 0.25) is 0 Å². The lowest BCUT2D eigenvalue weighted by molar-refractivity contribution is -0.159. The molecule has 1 fully saturated rings. The third-order valence-corrected chi connectivity index (χ3v) is 2.23. The molecule has 6 nitrogen and oxygen atoms in total. The van der Waals surface area contributed by atoms with Crippen LogP contribution in [0.15, 0.2) is 0 Å². The minimum absolute atomic E-state index is 0.0187. The summed E-state index contributed by atoms with van der Waals surface area (Å²) in [5.41, 5.74) is 0. The number of carbonyl (C=O) groups excluding carboxylic acids is 2. The molecule has 2 amide bonds. The fourth-order valence-electron chi connectivity index (χ4n) is 1.37. The first-order valence-electron chi connectivity index (χ1n) is 4.76. The zero-order chi connectivity index (χ0) is 11.3. The van der Waals surface area contributed by atoms with Crippen LogP contribution in [0.1, 0.15) is 0 Å². The van der Waals surface area contributed by atoms with Crippen molar-refractivity contribution in [2.24, 2.45) is 0 Å². The van der Waals surface area contributed by atoms with Gasteiger partial charge in [-0.15, -0.1) is 0 Å². The van der Waals surface area contributed by atoms with E-state index in [1.165, 1.54) is 4.90 Å². The standard InChI is InChI=1S/C9H16N2O4/c1-10-7(4-14-2)3-11-8(12)5-15-6-9(11)13/h7,10H,3-6H2,1-2H3. The zero-order valence-electron chi connectivity index (χ0n) is 8.99. The van der Waals surface area contributed by atoms with Crippen molar-refractivity contribution >= 4 is 11.8 Å². The molecule has 0 aromatic heterocycles. The minimum Gasteiger partial charge on any atom is -0.383 e. The highest BCUT2D eigenvalue weighted by Crippen LogP contribution is 2.02. The Balaban J connectivity index is 2.52. The molecule has 0 aliphatic carbocycles. The molecule has 0 aromatic rings. The third-order valence-electron chi connectivity index (χ3n) is 2.23. The number of rotatable bonds is 5. The van der Waals surface area contributed by atoms with Crippen LogP contribution in [0.25, 0.3) is 0 Å². The molecule has 1 N–H and O–H groups in total. The maximum Gasteiger partial charge on any atom is 0.255 e. The quantitative estimate of drug-likeness (QED) is 0.573. The van der Waals surface area contributed by atoms with E-state index < -0.39 is 0 Å². The van der Waals surface area contributed by atoms with Crippen molar-refractivity contribution in [3.63, 3.8) is 0 Å². The predicted octanol–water partition coefficient (Wildman–Crippen LogP) is -1.39. The Hall–Kier alpha value is -0.980. The number of amides is 2. The second kappa shape index (κ2) is 5.79. The summed E-state index contributed by atoms with van der Waals surface area (Å²) in [5.74, 6) is -0.579. The number of likely N-dealkylation sites (N-methyl/N-ethyl adjacent to an activating group) is 1. The lowest BCUT2D eigenvalue weighted by atomic mass is 10.2. The molecule has 15 heavy (non-hydrogen) atoms. The van der Waals surface area contributed by atoms with Crippen LogP contribution in [0, 0.1) is 0 Å². The number of methoxy groups -OCH3 is 1. The van der Waals surface area contributed by atoms with Gasteiger partial charge < -0.3 is 14.8 Å². The van der Waals surface area contributed by atoms with E-state index in [0.717, 1.165) is 0 Å². The number of hydrogen-bond donors (Lipinski definition) is 1. The highest BCUT2D eigenvalue weighted by molar-refractivity contribution is 5.98. The average molecular weight is 216 g/mol. The van der Waals surface area contributed by atoms with Crippen molar-refractivity contribution in [3.8, 4) is 0 Å². The summed E-state index contributed by atoms with van der Waals surface area (Å²) in [5, 5.41) is 2.98. The van der Waals surface area contributed by atoms with Crippen LogP contribution in [0.3, 0.4) is 0 Å². The molecule has 0 saturated carbocycles. The van der Waals surface area contributed by atoms with Gasteiger partial charge in [-0.2, -0.15) is 0 Å². The van der Waals surface area contributed by atoms with E-state index in [-0.39, 0.29) is 31.1 Å². The fraction of sp³-hybridized carbons (Fsp3) is 0.778. The summed E-state index contributed by atoms with van der Waals surface area (Å²) in [7, 11) is 3.34. The van der Waals surface area contributed by atoms with E-state index in [4.69, 9.17) is 9.47 Å². The van der Waals surface area contributed by atoms with Gasteiger partial charge in [-0.25, -0.2) is 0 Å². The van der Waals surface area contributed by atoms with E-state index in [0.29, 0.717) is 13.2 Å². The lowest BCUT2D eigenvalue weighted by Gasteiger charge is -2.28. The number of nitrogens with one attached hydrogen (secondary N) is 1. The summed E-state index contributed by atoms with van der Waals surface area (Å²) >= 11 is 0. The van der Waals surface area contributed by atoms with Crippen LogP contribution >= 0.6 is 0 Å². The second-order valence-corrected chi connectivity index (χ2v) is 3.33. The largest absolute Gasteiger partial charge is 0.383 e. The van der Waals surface area contributed by atoms with Gasteiger partial charge in [-0.05, 0) is 7.05 Å². The molecule has 1 aliphatic rings. The van der Waals surface area contributed by atoms with E-state index in [1.807, 2.05) is 0 Å². The monoisotopic (exact) mass is 216 g/mol. The zero-order valence-corrected chi connectivity index (χ0v) is 8.99. The van der Waals surface area contributed by atoms with Crippen LogP contribution in [0.5, 0.6) is 0 Å². The average Bonchev–Trinajstić information content (AvgIpc) is 2.22. The first-order valence-corrected chi connectivity index (χ1v) is 4.76. The summed E-state index contributed by atoms with van der Waals surface area (Å²) in [6.45, 7) is 0.740. The van der Waals surface area contributed by atoms with Crippen LogP contribution in [-0.2, 0) is 19.1 Å². The number of carbonyl (C=O) groups is 2. The van der Waals surface area contributed by atoms with Crippen molar-refractivity contribution < 1.29 is 19.1 Å². The van der Waals surface area contributed by atoms with Crippen molar-refractivity contribution in [1.82, 2.24) is 10.2 Å². The molecule has 0 spiro atoms. The molecule has 1 heterocycles. The van der Waals surface area contributed by atoms with Crippen LogP contribution < -0.4 is 5.32 Å². The smallest absolute Gasteiger partial charge is 0.255 e. The maximum absolute atomic E-state index is 11.4. The molecule has 1 unspecified atom stereocenters. The number of ether oxygens (including phenoxy) is 2. The summed E-state index contributed by atoms with van der Waals surface area (Å²) < 4.78 is 9.77. The van der Waals surface area contributed by atoms with E-state index >= 15 is 0 Å². The fourth-order valence-corrected chi connectivity index (χ4v) is 1.37. The van der Waals surface area contributed by atoms with Crippen molar-refractivity contribution in [3.05, 3.63) is 0 Å². The summed E-state index contributed by atoms with van der Waals surface area (Å²) in [6, 6.07) is -0.0407. The number of hydrogen-bond acceptors (Lipinski definition) is 5. The molecule has 0 radical (unpaired) electrons.